The Morgan fingerprint density at radius 2 is 2.12 bits per heavy atom. The summed E-state index contributed by atoms with van der Waals surface area (Å²) in [5.74, 6) is 0. The van der Waals surface area contributed by atoms with E-state index in [1.807, 2.05) is 25.1 Å². The number of nitrogens with one attached hydrogen (secondary N) is 1. The van der Waals surface area contributed by atoms with Crippen LogP contribution in [0.5, 0.6) is 0 Å². The van der Waals surface area contributed by atoms with Crippen molar-refractivity contribution < 1.29 is 0 Å². The van der Waals surface area contributed by atoms with Gasteiger partial charge in [0.1, 0.15) is 5.15 Å². The SMILES string of the molecule is Cc1ccc(C#N)cc1Nc1ccnc(Cl)c1. The number of aryl methyl sites for hydroxylation is 1. The lowest BCUT2D eigenvalue weighted by Gasteiger charge is -2.09. The van der Waals surface area contributed by atoms with Crippen molar-refractivity contribution in [2.45, 2.75) is 6.92 Å². The van der Waals surface area contributed by atoms with E-state index < -0.39 is 0 Å². The van der Waals surface area contributed by atoms with E-state index >= 15 is 0 Å². The normalized spacial score (nSPS) is 9.71. The largest absolute Gasteiger partial charge is 0.355 e. The molecule has 0 saturated heterocycles. The van der Waals surface area contributed by atoms with E-state index in [0.29, 0.717) is 10.7 Å². The highest BCUT2D eigenvalue weighted by molar-refractivity contribution is 6.29. The quantitative estimate of drug-likeness (QED) is 0.819. The van der Waals surface area contributed by atoms with Crippen LogP contribution < -0.4 is 5.32 Å². The van der Waals surface area contributed by atoms with Gasteiger partial charge >= 0.3 is 0 Å². The molecule has 0 amide bonds. The fourth-order valence-electron chi connectivity index (χ4n) is 1.46. The fourth-order valence-corrected chi connectivity index (χ4v) is 1.64. The maximum Gasteiger partial charge on any atom is 0.131 e. The van der Waals surface area contributed by atoms with E-state index in [1.165, 1.54) is 0 Å². The summed E-state index contributed by atoms with van der Waals surface area (Å²) in [6, 6.07) is 11.2. The van der Waals surface area contributed by atoms with Crippen LogP contribution in [0.3, 0.4) is 0 Å². The molecule has 0 spiro atoms. The van der Waals surface area contributed by atoms with Gasteiger partial charge in [0.2, 0.25) is 0 Å². The molecule has 0 saturated carbocycles. The average molecular weight is 244 g/mol. The molecule has 0 bridgehead atoms. The lowest BCUT2D eigenvalue weighted by Crippen LogP contribution is -1.94. The number of hydrogen-bond donors (Lipinski definition) is 1. The van der Waals surface area contributed by atoms with Crippen LogP contribution in [0.15, 0.2) is 36.5 Å². The summed E-state index contributed by atoms with van der Waals surface area (Å²) >= 11 is 5.81. The van der Waals surface area contributed by atoms with Crippen molar-refractivity contribution in [3.63, 3.8) is 0 Å². The van der Waals surface area contributed by atoms with Gasteiger partial charge in [-0.25, -0.2) is 4.98 Å². The summed E-state index contributed by atoms with van der Waals surface area (Å²) < 4.78 is 0. The molecular weight excluding hydrogens is 234 g/mol. The zero-order chi connectivity index (χ0) is 12.3. The predicted octanol–water partition coefficient (Wildman–Crippen LogP) is 3.66. The Morgan fingerprint density at radius 3 is 2.82 bits per heavy atom. The van der Waals surface area contributed by atoms with Crippen molar-refractivity contribution in [1.82, 2.24) is 4.98 Å². The van der Waals surface area contributed by atoms with E-state index in [4.69, 9.17) is 16.9 Å². The van der Waals surface area contributed by atoms with Gasteiger partial charge in [-0.2, -0.15) is 5.26 Å². The molecule has 0 aliphatic carbocycles. The zero-order valence-electron chi connectivity index (χ0n) is 9.24. The molecule has 2 rings (SSSR count). The molecule has 17 heavy (non-hydrogen) atoms. The van der Waals surface area contributed by atoms with Crippen molar-refractivity contribution in [2.24, 2.45) is 0 Å². The second-order valence-electron chi connectivity index (χ2n) is 3.63. The molecule has 2 aromatic rings. The summed E-state index contributed by atoms with van der Waals surface area (Å²) in [5, 5.41) is 12.5. The second-order valence-corrected chi connectivity index (χ2v) is 4.02. The summed E-state index contributed by atoms with van der Waals surface area (Å²) in [6.07, 6.45) is 1.63. The first-order chi connectivity index (χ1) is 8.19. The molecule has 1 aromatic carbocycles. The third-order valence-electron chi connectivity index (χ3n) is 2.37. The van der Waals surface area contributed by atoms with Crippen molar-refractivity contribution in [3.05, 3.63) is 52.8 Å². The van der Waals surface area contributed by atoms with Crippen LogP contribution in [0.2, 0.25) is 5.15 Å². The number of anilines is 2. The van der Waals surface area contributed by atoms with Gasteiger partial charge in [-0.1, -0.05) is 17.7 Å². The average Bonchev–Trinajstić information content (AvgIpc) is 2.32. The second kappa shape index (κ2) is 4.86. The van der Waals surface area contributed by atoms with E-state index in [9.17, 15) is 0 Å². The van der Waals surface area contributed by atoms with Crippen LogP contribution in [0, 0.1) is 18.3 Å². The van der Waals surface area contributed by atoms with Crippen LogP contribution in [-0.4, -0.2) is 4.98 Å². The van der Waals surface area contributed by atoms with Gasteiger partial charge in [0, 0.05) is 17.6 Å². The van der Waals surface area contributed by atoms with E-state index in [1.54, 1.807) is 18.3 Å². The minimum Gasteiger partial charge on any atom is -0.355 e. The van der Waals surface area contributed by atoms with Crippen molar-refractivity contribution in [3.8, 4) is 6.07 Å². The highest BCUT2D eigenvalue weighted by Gasteiger charge is 2.01. The predicted molar refractivity (Wildman–Crippen MR) is 68.4 cm³/mol. The Bertz CT molecular complexity index is 587. The Labute approximate surface area is 105 Å². The molecule has 3 nitrogen and oxygen atoms in total. The number of rotatable bonds is 2. The zero-order valence-corrected chi connectivity index (χ0v) is 9.99. The Balaban J connectivity index is 2.33. The molecule has 84 valence electrons. The van der Waals surface area contributed by atoms with Crippen molar-refractivity contribution >= 4 is 23.0 Å². The number of halogens is 1. The molecule has 0 aliphatic heterocycles. The summed E-state index contributed by atoms with van der Waals surface area (Å²) in [6.45, 7) is 1.98. The number of pyridine rings is 1. The first-order valence-corrected chi connectivity index (χ1v) is 5.46. The van der Waals surface area contributed by atoms with Crippen LogP contribution >= 0.6 is 11.6 Å². The van der Waals surface area contributed by atoms with Gasteiger partial charge in [0.15, 0.2) is 0 Å². The summed E-state index contributed by atoms with van der Waals surface area (Å²) in [4.78, 5) is 3.91. The maximum absolute atomic E-state index is 8.85. The standard InChI is InChI=1S/C13H10ClN3/c1-9-2-3-10(8-15)6-12(9)17-11-4-5-16-13(14)7-11/h2-7H,1H3,(H,16,17). The Morgan fingerprint density at radius 1 is 1.29 bits per heavy atom. The third-order valence-corrected chi connectivity index (χ3v) is 2.58. The van der Waals surface area contributed by atoms with Gasteiger partial charge in [0.05, 0.1) is 11.6 Å². The number of hydrogen-bond acceptors (Lipinski definition) is 3. The molecule has 0 aliphatic rings. The smallest absolute Gasteiger partial charge is 0.131 e. The Kier molecular flexibility index (Phi) is 3.27. The van der Waals surface area contributed by atoms with Gasteiger partial charge in [-0.3, -0.25) is 0 Å². The molecule has 1 N–H and O–H groups in total. The van der Waals surface area contributed by atoms with Crippen LogP contribution in [0.25, 0.3) is 0 Å². The monoisotopic (exact) mass is 243 g/mol. The maximum atomic E-state index is 8.85. The molecule has 0 fully saturated rings. The highest BCUT2D eigenvalue weighted by Crippen LogP contribution is 2.22. The van der Waals surface area contributed by atoms with Crippen molar-refractivity contribution in [1.29, 1.82) is 5.26 Å². The minimum absolute atomic E-state index is 0.434. The lowest BCUT2D eigenvalue weighted by molar-refractivity contribution is 1.32. The van der Waals surface area contributed by atoms with Crippen LogP contribution in [0.1, 0.15) is 11.1 Å². The molecule has 0 atom stereocenters. The lowest BCUT2D eigenvalue weighted by atomic mass is 10.1. The molecule has 4 heteroatoms. The topological polar surface area (TPSA) is 48.7 Å². The summed E-state index contributed by atoms with van der Waals surface area (Å²) in [7, 11) is 0. The Hall–Kier alpha value is -2.05. The molecule has 1 heterocycles. The van der Waals surface area contributed by atoms with Gasteiger partial charge in [-0.05, 0) is 36.8 Å². The minimum atomic E-state index is 0.434. The molecule has 0 radical (unpaired) electrons. The third kappa shape index (κ3) is 2.74. The molecule has 0 unspecified atom stereocenters. The highest BCUT2D eigenvalue weighted by atomic mass is 35.5. The first kappa shape index (κ1) is 11.4. The van der Waals surface area contributed by atoms with Gasteiger partial charge in [-0.15, -0.1) is 0 Å². The fraction of sp³-hybridized carbons (Fsp3) is 0.0769. The van der Waals surface area contributed by atoms with Gasteiger partial charge in [0.25, 0.3) is 0 Å². The number of nitrogens with zero attached hydrogens (tertiary/aromatic N) is 2. The number of aromatic nitrogens is 1. The van der Waals surface area contributed by atoms with E-state index in [0.717, 1.165) is 16.9 Å². The van der Waals surface area contributed by atoms with Crippen LogP contribution in [0.4, 0.5) is 11.4 Å². The van der Waals surface area contributed by atoms with Crippen molar-refractivity contribution in [2.75, 3.05) is 5.32 Å². The molecular formula is C13H10ClN3. The van der Waals surface area contributed by atoms with E-state index in [-0.39, 0.29) is 0 Å². The van der Waals surface area contributed by atoms with E-state index in [2.05, 4.69) is 16.4 Å². The number of nitriles is 1. The summed E-state index contributed by atoms with van der Waals surface area (Å²) in [5.41, 5.74) is 3.43. The van der Waals surface area contributed by atoms with Crippen LogP contribution in [-0.2, 0) is 0 Å². The molecule has 1 aromatic heterocycles. The van der Waals surface area contributed by atoms with Gasteiger partial charge < -0.3 is 5.32 Å². The first-order valence-electron chi connectivity index (χ1n) is 5.08. The number of benzene rings is 1.